The fourth-order valence-electron chi connectivity index (χ4n) is 1.60. The van der Waals surface area contributed by atoms with Gasteiger partial charge < -0.3 is 0 Å². The standard InChI is InChI=1S/C12H14BrN3O2S/c1-3-16-8-12(9(2)14-16)15-19(17,18)11-6-4-10(13)5-7-11/h4-8,15H,3H2,1-2H3. The van der Waals surface area contributed by atoms with Gasteiger partial charge in [-0.25, -0.2) is 8.42 Å². The molecule has 7 heteroatoms. The Kier molecular flexibility index (Phi) is 3.96. The molecule has 0 aliphatic rings. The quantitative estimate of drug-likeness (QED) is 0.928. The van der Waals surface area contributed by atoms with E-state index >= 15 is 0 Å². The van der Waals surface area contributed by atoms with Gasteiger partial charge in [0.25, 0.3) is 10.0 Å². The molecule has 5 nitrogen and oxygen atoms in total. The van der Waals surface area contributed by atoms with Gasteiger partial charge in [0.1, 0.15) is 0 Å². The van der Waals surface area contributed by atoms with Crippen molar-refractivity contribution in [3.63, 3.8) is 0 Å². The number of sulfonamides is 1. The SMILES string of the molecule is CCn1cc(NS(=O)(=O)c2ccc(Br)cc2)c(C)n1. The van der Waals surface area contributed by atoms with Crippen molar-refractivity contribution in [1.82, 2.24) is 9.78 Å². The van der Waals surface area contributed by atoms with E-state index in [9.17, 15) is 8.42 Å². The van der Waals surface area contributed by atoms with Crippen LogP contribution in [0.15, 0.2) is 39.8 Å². The number of aromatic nitrogens is 2. The monoisotopic (exact) mass is 343 g/mol. The highest BCUT2D eigenvalue weighted by Gasteiger charge is 2.16. The Hall–Kier alpha value is -1.34. The third-order valence-electron chi connectivity index (χ3n) is 2.64. The van der Waals surface area contributed by atoms with Crippen molar-refractivity contribution in [3.8, 4) is 0 Å². The summed E-state index contributed by atoms with van der Waals surface area (Å²) in [6, 6.07) is 6.48. The Morgan fingerprint density at radius 1 is 1.32 bits per heavy atom. The highest BCUT2D eigenvalue weighted by molar-refractivity contribution is 9.10. The maximum absolute atomic E-state index is 12.2. The van der Waals surface area contributed by atoms with Crippen LogP contribution >= 0.6 is 15.9 Å². The van der Waals surface area contributed by atoms with Crippen LogP contribution in [0.1, 0.15) is 12.6 Å². The molecule has 0 saturated carbocycles. The van der Waals surface area contributed by atoms with Crippen LogP contribution in [0.4, 0.5) is 5.69 Å². The lowest BCUT2D eigenvalue weighted by atomic mass is 10.4. The summed E-state index contributed by atoms with van der Waals surface area (Å²) in [5.74, 6) is 0. The average molecular weight is 344 g/mol. The highest BCUT2D eigenvalue weighted by Crippen LogP contribution is 2.20. The third kappa shape index (κ3) is 3.16. The van der Waals surface area contributed by atoms with Gasteiger partial charge in [-0.2, -0.15) is 5.10 Å². The first-order valence-corrected chi connectivity index (χ1v) is 8.02. The van der Waals surface area contributed by atoms with Crippen molar-refractivity contribution in [2.45, 2.75) is 25.3 Å². The molecule has 0 fully saturated rings. The van der Waals surface area contributed by atoms with Crippen LogP contribution in [0.25, 0.3) is 0 Å². The summed E-state index contributed by atoms with van der Waals surface area (Å²) in [5, 5.41) is 4.20. The molecule has 0 amide bonds. The third-order valence-corrected chi connectivity index (χ3v) is 4.55. The molecule has 0 bridgehead atoms. The van der Waals surface area contributed by atoms with E-state index in [0.29, 0.717) is 17.9 Å². The van der Waals surface area contributed by atoms with Crippen LogP contribution in [0.2, 0.25) is 0 Å². The molecule has 1 N–H and O–H groups in total. The van der Waals surface area contributed by atoms with Crippen molar-refractivity contribution in [2.24, 2.45) is 0 Å². The second-order valence-electron chi connectivity index (χ2n) is 4.04. The molecule has 102 valence electrons. The number of benzene rings is 1. The van der Waals surface area contributed by atoms with Crippen molar-refractivity contribution in [1.29, 1.82) is 0 Å². The molecule has 19 heavy (non-hydrogen) atoms. The number of hydrogen-bond donors (Lipinski definition) is 1. The lowest BCUT2D eigenvalue weighted by molar-refractivity contribution is 0.601. The Morgan fingerprint density at radius 2 is 1.95 bits per heavy atom. The van der Waals surface area contributed by atoms with Gasteiger partial charge in [-0.15, -0.1) is 0 Å². The highest BCUT2D eigenvalue weighted by atomic mass is 79.9. The van der Waals surface area contributed by atoms with Gasteiger partial charge in [0, 0.05) is 17.2 Å². The second kappa shape index (κ2) is 5.34. The van der Waals surface area contributed by atoms with Gasteiger partial charge in [-0.05, 0) is 38.1 Å². The molecule has 2 aromatic rings. The van der Waals surface area contributed by atoms with Crippen molar-refractivity contribution >= 4 is 31.6 Å². The van der Waals surface area contributed by atoms with Gasteiger partial charge in [-0.1, -0.05) is 15.9 Å². The Labute approximate surface area is 120 Å². The summed E-state index contributed by atoms with van der Waals surface area (Å²) in [5.41, 5.74) is 1.16. The Balaban J connectivity index is 2.30. The second-order valence-corrected chi connectivity index (χ2v) is 6.64. The first kappa shape index (κ1) is 14.1. The average Bonchev–Trinajstić information content (AvgIpc) is 2.70. The molecule has 0 spiro atoms. The summed E-state index contributed by atoms with van der Waals surface area (Å²) in [4.78, 5) is 0.222. The molecule has 0 radical (unpaired) electrons. The molecule has 0 unspecified atom stereocenters. The molecule has 0 saturated heterocycles. The number of nitrogens with one attached hydrogen (secondary N) is 1. The van der Waals surface area contributed by atoms with Crippen LogP contribution < -0.4 is 4.72 Å². The van der Waals surface area contributed by atoms with E-state index in [-0.39, 0.29) is 4.90 Å². The molecule has 1 aromatic carbocycles. The maximum atomic E-state index is 12.2. The zero-order chi connectivity index (χ0) is 14.0. The van der Waals surface area contributed by atoms with E-state index in [2.05, 4.69) is 25.8 Å². The number of hydrogen-bond acceptors (Lipinski definition) is 3. The Morgan fingerprint density at radius 3 is 2.47 bits per heavy atom. The molecule has 0 aliphatic heterocycles. The summed E-state index contributed by atoms with van der Waals surface area (Å²) in [7, 11) is -3.57. The van der Waals surface area contributed by atoms with Crippen LogP contribution in [-0.2, 0) is 16.6 Å². The van der Waals surface area contributed by atoms with Crippen molar-refractivity contribution in [2.75, 3.05) is 4.72 Å². The molecule has 1 heterocycles. The summed E-state index contributed by atoms with van der Waals surface area (Å²) in [6.07, 6.45) is 1.69. The minimum Gasteiger partial charge on any atom is -0.276 e. The smallest absolute Gasteiger partial charge is 0.262 e. The van der Waals surface area contributed by atoms with E-state index in [1.165, 1.54) is 0 Å². The zero-order valence-corrected chi connectivity index (χ0v) is 13.0. The fourth-order valence-corrected chi connectivity index (χ4v) is 2.96. The minimum absolute atomic E-state index is 0.222. The maximum Gasteiger partial charge on any atom is 0.262 e. The predicted molar refractivity (Wildman–Crippen MR) is 77.6 cm³/mol. The van der Waals surface area contributed by atoms with Gasteiger partial charge in [-0.3, -0.25) is 9.40 Å². The van der Waals surface area contributed by atoms with Crippen LogP contribution in [-0.4, -0.2) is 18.2 Å². The molecule has 2 rings (SSSR count). The molecule has 0 aliphatic carbocycles. The lowest BCUT2D eigenvalue weighted by Gasteiger charge is -2.06. The largest absolute Gasteiger partial charge is 0.276 e. The molecule has 1 aromatic heterocycles. The van der Waals surface area contributed by atoms with Crippen LogP contribution in [0, 0.1) is 6.92 Å². The van der Waals surface area contributed by atoms with Crippen LogP contribution in [0.3, 0.4) is 0 Å². The number of halogens is 1. The first-order chi connectivity index (χ1) is 8.92. The Bertz CT molecular complexity index is 678. The number of aryl methyl sites for hydroxylation is 2. The van der Waals surface area contributed by atoms with Crippen LogP contribution in [0.5, 0.6) is 0 Å². The first-order valence-electron chi connectivity index (χ1n) is 5.75. The normalized spacial score (nSPS) is 11.5. The summed E-state index contributed by atoms with van der Waals surface area (Å²) >= 11 is 3.27. The predicted octanol–water partition coefficient (Wildman–Crippen LogP) is 2.77. The van der Waals surface area contributed by atoms with Crippen molar-refractivity contribution in [3.05, 3.63) is 40.6 Å². The molecular weight excluding hydrogens is 330 g/mol. The fraction of sp³-hybridized carbons (Fsp3) is 0.250. The van der Waals surface area contributed by atoms with Gasteiger partial charge in [0.2, 0.25) is 0 Å². The van der Waals surface area contributed by atoms with E-state index in [0.717, 1.165) is 4.47 Å². The van der Waals surface area contributed by atoms with E-state index < -0.39 is 10.0 Å². The number of rotatable bonds is 4. The van der Waals surface area contributed by atoms with Gasteiger partial charge >= 0.3 is 0 Å². The van der Waals surface area contributed by atoms with Gasteiger partial charge in [0.15, 0.2) is 0 Å². The van der Waals surface area contributed by atoms with Crippen molar-refractivity contribution < 1.29 is 8.42 Å². The van der Waals surface area contributed by atoms with E-state index in [1.54, 1.807) is 42.1 Å². The zero-order valence-electron chi connectivity index (χ0n) is 10.6. The number of anilines is 1. The van der Waals surface area contributed by atoms with Gasteiger partial charge in [0.05, 0.1) is 16.3 Å². The summed E-state index contributed by atoms with van der Waals surface area (Å²) in [6.45, 7) is 4.41. The van der Waals surface area contributed by atoms with E-state index in [1.807, 2.05) is 6.92 Å². The van der Waals surface area contributed by atoms with E-state index in [4.69, 9.17) is 0 Å². The lowest BCUT2D eigenvalue weighted by Crippen LogP contribution is -2.13. The topological polar surface area (TPSA) is 64.0 Å². The molecule has 0 atom stereocenters. The number of nitrogens with zero attached hydrogens (tertiary/aromatic N) is 2. The molecular formula is C12H14BrN3O2S. The summed E-state index contributed by atoms with van der Waals surface area (Å²) < 4.78 is 29.5. The minimum atomic E-state index is -3.57.